The van der Waals surface area contributed by atoms with E-state index >= 15 is 0 Å². The smallest absolute Gasteiger partial charge is 0.168 e. The molecule has 0 spiro atoms. The van der Waals surface area contributed by atoms with Gasteiger partial charge in [0.15, 0.2) is 5.79 Å². The lowest BCUT2D eigenvalue weighted by molar-refractivity contribution is -0.220. The summed E-state index contributed by atoms with van der Waals surface area (Å²) in [6.07, 6.45) is 4.99. The quantitative estimate of drug-likeness (QED) is 0.802. The fourth-order valence-electron chi connectivity index (χ4n) is 4.17. The van der Waals surface area contributed by atoms with E-state index in [2.05, 4.69) is 16.9 Å². The summed E-state index contributed by atoms with van der Waals surface area (Å²) < 4.78 is 12.9. The van der Waals surface area contributed by atoms with Gasteiger partial charge in [0.05, 0.1) is 30.3 Å². The summed E-state index contributed by atoms with van der Waals surface area (Å²) in [5, 5.41) is 15.3. The van der Waals surface area contributed by atoms with E-state index in [4.69, 9.17) is 14.5 Å². The first-order valence-electron chi connectivity index (χ1n) is 10.4. The molecule has 0 radical (unpaired) electrons. The number of piperidine rings is 1. The van der Waals surface area contributed by atoms with Gasteiger partial charge < -0.3 is 19.5 Å². The summed E-state index contributed by atoms with van der Waals surface area (Å²) in [6, 6.07) is 8.21. The molecule has 1 aromatic heterocycles. The molecule has 2 aliphatic rings. The molecule has 156 valence electrons. The largest absolute Gasteiger partial charge is 0.497 e. The molecule has 1 saturated heterocycles. The van der Waals surface area contributed by atoms with Gasteiger partial charge in [0.2, 0.25) is 0 Å². The Bertz CT molecular complexity index is 867. The third-order valence-corrected chi connectivity index (χ3v) is 5.83. The summed E-state index contributed by atoms with van der Waals surface area (Å²) in [7, 11) is 1.67. The summed E-state index contributed by atoms with van der Waals surface area (Å²) >= 11 is 0. The van der Waals surface area contributed by atoms with Gasteiger partial charge in [-0.2, -0.15) is 5.10 Å². The van der Waals surface area contributed by atoms with Gasteiger partial charge in [0.1, 0.15) is 11.6 Å². The molecule has 2 aliphatic heterocycles. The van der Waals surface area contributed by atoms with Gasteiger partial charge in [-0.15, -0.1) is 0 Å². The number of nitrogens with zero attached hydrogens (tertiary/aromatic N) is 4. The molecule has 3 heterocycles. The SMILES string of the molecule is CCOC1(O)CCN(C2=NC(C)CCc3c2cnn3-c2ccc(OC)cc2)CC1. The number of benzene rings is 1. The number of aliphatic imine (C=N–C) groups is 1. The van der Waals surface area contributed by atoms with E-state index in [9.17, 15) is 5.11 Å². The number of ether oxygens (including phenoxy) is 2. The highest BCUT2D eigenvalue weighted by Gasteiger charge is 2.35. The first kappa shape index (κ1) is 19.9. The average molecular weight is 399 g/mol. The van der Waals surface area contributed by atoms with Crippen molar-refractivity contribution in [2.75, 3.05) is 26.8 Å². The predicted molar refractivity (Wildman–Crippen MR) is 112 cm³/mol. The van der Waals surface area contributed by atoms with Gasteiger partial charge in [0.25, 0.3) is 0 Å². The molecule has 2 aromatic rings. The highest BCUT2D eigenvalue weighted by Crippen LogP contribution is 2.29. The van der Waals surface area contributed by atoms with Gasteiger partial charge in [-0.25, -0.2) is 4.68 Å². The number of methoxy groups -OCH3 is 1. The van der Waals surface area contributed by atoms with Crippen molar-refractivity contribution in [3.63, 3.8) is 0 Å². The lowest BCUT2D eigenvalue weighted by Gasteiger charge is -2.39. The second-order valence-corrected chi connectivity index (χ2v) is 7.82. The third kappa shape index (κ3) is 4.02. The molecule has 4 rings (SSSR count). The van der Waals surface area contributed by atoms with E-state index in [0.29, 0.717) is 19.4 Å². The number of fused-ring (bicyclic) bond motifs is 1. The minimum atomic E-state index is -1.02. The second-order valence-electron chi connectivity index (χ2n) is 7.82. The molecular weight excluding hydrogens is 368 g/mol. The molecule has 0 bridgehead atoms. The molecule has 0 aliphatic carbocycles. The number of aromatic nitrogens is 2. The first-order valence-corrected chi connectivity index (χ1v) is 10.4. The van der Waals surface area contributed by atoms with Crippen molar-refractivity contribution < 1.29 is 14.6 Å². The maximum Gasteiger partial charge on any atom is 0.168 e. The second kappa shape index (κ2) is 8.16. The van der Waals surface area contributed by atoms with Crippen LogP contribution in [0.3, 0.4) is 0 Å². The average Bonchev–Trinajstić information content (AvgIpc) is 3.07. The summed E-state index contributed by atoms with van der Waals surface area (Å²) in [5.74, 6) is 0.805. The van der Waals surface area contributed by atoms with Crippen molar-refractivity contribution in [3.8, 4) is 11.4 Å². The number of amidine groups is 1. The summed E-state index contributed by atoms with van der Waals surface area (Å²) in [4.78, 5) is 7.29. The fourth-order valence-corrected chi connectivity index (χ4v) is 4.17. The van der Waals surface area contributed by atoms with Crippen LogP contribution in [-0.2, 0) is 11.2 Å². The van der Waals surface area contributed by atoms with Crippen molar-refractivity contribution in [1.82, 2.24) is 14.7 Å². The van der Waals surface area contributed by atoms with Gasteiger partial charge in [-0.1, -0.05) is 0 Å². The van der Waals surface area contributed by atoms with Crippen molar-refractivity contribution in [2.45, 2.75) is 51.4 Å². The van der Waals surface area contributed by atoms with Crippen molar-refractivity contribution >= 4 is 5.84 Å². The monoisotopic (exact) mass is 398 g/mol. The molecule has 1 N–H and O–H groups in total. The number of aliphatic hydroxyl groups is 1. The Kier molecular flexibility index (Phi) is 5.61. The van der Waals surface area contributed by atoms with Gasteiger partial charge in [0, 0.05) is 38.6 Å². The highest BCUT2D eigenvalue weighted by molar-refractivity contribution is 6.00. The van der Waals surface area contributed by atoms with Crippen LogP contribution in [0.2, 0.25) is 0 Å². The lowest BCUT2D eigenvalue weighted by Crippen LogP contribution is -2.48. The number of hydrogen-bond acceptors (Lipinski definition) is 6. The Balaban J connectivity index is 1.63. The zero-order chi connectivity index (χ0) is 20.4. The molecule has 1 fully saturated rings. The molecule has 1 aromatic carbocycles. The van der Waals surface area contributed by atoms with Gasteiger partial charge in [-0.3, -0.25) is 4.99 Å². The van der Waals surface area contributed by atoms with Crippen LogP contribution in [0.4, 0.5) is 0 Å². The van der Waals surface area contributed by atoms with Crippen molar-refractivity contribution in [1.29, 1.82) is 0 Å². The molecule has 0 saturated carbocycles. The molecule has 7 heteroatoms. The molecule has 29 heavy (non-hydrogen) atoms. The van der Waals surface area contributed by atoms with E-state index in [1.165, 1.54) is 5.69 Å². The molecule has 1 unspecified atom stereocenters. The zero-order valence-electron chi connectivity index (χ0n) is 17.5. The maximum absolute atomic E-state index is 10.6. The normalized spacial score (nSPS) is 21.3. The Hall–Kier alpha value is -2.38. The van der Waals surface area contributed by atoms with Gasteiger partial charge >= 0.3 is 0 Å². The van der Waals surface area contributed by atoms with Crippen LogP contribution in [0, 0.1) is 0 Å². The Morgan fingerprint density at radius 1 is 1.21 bits per heavy atom. The van der Waals surface area contributed by atoms with E-state index < -0.39 is 5.79 Å². The van der Waals surface area contributed by atoms with Crippen molar-refractivity contribution in [2.24, 2.45) is 4.99 Å². The summed E-state index contributed by atoms with van der Waals surface area (Å²) in [5.41, 5.74) is 3.29. The predicted octanol–water partition coefficient (Wildman–Crippen LogP) is 2.78. The van der Waals surface area contributed by atoms with Crippen LogP contribution in [0.1, 0.15) is 44.4 Å². The Morgan fingerprint density at radius 2 is 1.93 bits per heavy atom. The molecule has 0 amide bonds. The zero-order valence-corrected chi connectivity index (χ0v) is 17.5. The number of hydrogen-bond donors (Lipinski definition) is 1. The third-order valence-electron chi connectivity index (χ3n) is 5.83. The Labute approximate surface area is 172 Å². The minimum absolute atomic E-state index is 0.245. The Morgan fingerprint density at radius 3 is 2.59 bits per heavy atom. The van der Waals surface area contributed by atoms with E-state index in [-0.39, 0.29) is 6.04 Å². The van der Waals surface area contributed by atoms with Gasteiger partial charge in [-0.05, 0) is 51.0 Å². The molecular formula is C22H30N4O3. The first-order chi connectivity index (χ1) is 14.0. The maximum atomic E-state index is 10.6. The lowest BCUT2D eigenvalue weighted by atomic mass is 10.0. The van der Waals surface area contributed by atoms with Crippen LogP contribution in [-0.4, -0.2) is 64.3 Å². The standard InChI is InChI=1S/C22H30N4O3/c1-4-29-22(27)11-13-25(14-12-22)21-19-15-23-26(20(19)10-5-16(2)24-21)17-6-8-18(28-3)9-7-17/h6-9,15-16,27H,4-5,10-14H2,1-3H3. The van der Waals surface area contributed by atoms with Crippen molar-refractivity contribution in [3.05, 3.63) is 41.7 Å². The molecule has 1 atom stereocenters. The molecule has 7 nitrogen and oxygen atoms in total. The van der Waals surface area contributed by atoms with E-state index in [1.807, 2.05) is 42.1 Å². The summed E-state index contributed by atoms with van der Waals surface area (Å²) in [6.45, 7) is 6.04. The highest BCUT2D eigenvalue weighted by atomic mass is 16.6. The van der Waals surface area contributed by atoms with Crippen LogP contribution in [0.25, 0.3) is 5.69 Å². The van der Waals surface area contributed by atoms with Crippen LogP contribution in [0.5, 0.6) is 5.75 Å². The van der Waals surface area contributed by atoms with E-state index in [0.717, 1.165) is 48.8 Å². The fraction of sp³-hybridized carbons (Fsp3) is 0.545. The van der Waals surface area contributed by atoms with Crippen LogP contribution >= 0.6 is 0 Å². The minimum Gasteiger partial charge on any atom is -0.497 e. The van der Waals surface area contributed by atoms with Crippen LogP contribution in [0.15, 0.2) is 35.5 Å². The number of likely N-dealkylation sites (tertiary alicyclic amines) is 1. The van der Waals surface area contributed by atoms with E-state index in [1.54, 1.807) is 7.11 Å². The topological polar surface area (TPSA) is 72.1 Å². The number of rotatable bonds is 4. The van der Waals surface area contributed by atoms with Crippen LogP contribution < -0.4 is 4.74 Å².